The maximum atomic E-state index is 11.7. The van der Waals surface area contributed by atoms with Crippen LogP contribution < -0.4 is 5.32 Å². The summed E-state index contributed by atoms with van der Waals surface area (Å²) in [6.07, 6.45) is 6.12. The third-order valence-electron chi connectivity index (χ3n) is 2.30. The lowest BCUT2D eigenvalue weighted by molar-refractivity contribution is 0.104. The fourth-order valence-corrected chi connectivity index (χ4v) is 1.42. The van der Waals surface area contributed by atoms with Gasteiger partial charge in [0.05, 0.1) is 0 Å². The van der Waals surface area contributed by atoms with Crippen molar-refractivity contribution >= 4 is 11.5 Å². The molecule has 0 aliphatic heterocycles. The Morgan fingerprint density at radius 1 is 1.22 bits per heavy atom. The van der Waals surface area contributed by atoms with E-state index in [0.717, 1.165) is 0 Å². The second kappa shape index (κ2) is 5.63. The molecule has 1 aromatic carbocycles. The van der Waals surface area contributed by atoms with Gasteiger partial charge in [0.25, 0.3) is 0 Å². The molecule has 0 spiro atoms. The number of phenolic OH excluding ortho intramolecular Hbond substituents is 1. The number of ketones is 1. The molecule has 2 N–H and O–H groups in total. The summed E-state index contributed by atoms with van der Waals surface area (Å²) in [6, 6.07) is 9.97. The molecule has 4 nitrogen and oxygen atoms in total. The van der Waals surface area contributed by atoms with Gasteiger partial charge in [-0.15, -0.1) is 0 Å². The van der Waals surface area contributed by atoms with Gasteiger partial charge in [-0.2, -0.15) is 0 Å². The van der Waals surface area contributed by atoms with Crippen LogP contribution in [0.25, 0.3) is 0 Å². The number of hydrogen-bond donors (Lipinski definition) is 2. The highest BCUT2D eigenvalue weighted by atomic mass is 16.3. The summed E-state index contributed by atoms with van der Waals surface area (Å²) in [5.41, 5.74) is 1.30. The van der Waals surface area contributed by atoms with E-state index in [9.17, 15) is 9.90 Å². The molecule has 90 valence electrons. The number of hydrogen-bond acceptors (Lipinski definition) is 4. The Labute approximate surface area is 105 Å². The third-order valence-corrected chi connectivity index (χ3v) is 2.30. The van der Waals surface area contributed by atoms with Gasteiger partial charge >= 0.3 is 0 Å². The number of carbonyl (C=O) groups is 1. The third kappa shape index (κ3) is 3.18. The van der Waals surface area contributed by atoms with E-state index >= 15 is 0 Å². The largest absolute Gasteiger partial charge is 0.508 e. The number of benzene rings is 1. The smallest absolute Gasteiger partial charge is 0.187 e. The fourth-order valence-electron chi connectivity index (χ4n) is 1.42. The van der Waals surface area contributed by atoms with E-state index in [1.807, 2.05) is 0 Å². The minimum atomic E-state index is -0.106. The highest BCUT2D eigenvalue weighted by Gasteiger charge is 1.99. The van der Waals surface area contributed by atoms with Gasteiger partial charge in [-0.1, -0.05) is 6.07 Å². The Morgan fingerprint density at radius 2 is 2.00 bits per heavy atom. The first-order valence-corrected chi connectivity index (χ1v) is 5.42. The van der Waals surface area contributed by atoms with E-state index in [4.69, 9.17) is 0 Å². The second-order valence-corrected chi connectivity index (χ2v) is 3.63. The van der Waals surface area contributed by atoms with Gasteiger partial charge in [0, 0.05) is 42.0 Å². The topological polar surface area (TPSA) is 62.2 Å². The van der Waals surface area contributed by atoms with Crippen LogP contribution in [0.2, 0.25) is 0 Å². The van der Waals surface area contributed by atoms with Gasteiger partial charge in [0.1, 0.15) is 5.75 Å². The summed E-state index contributed by atoms with van der Waals surface area (Å²) in [5.74, 6) is 0.0684. The normalized spacial score (nSPS) is 10.4. The van der Waals surface area contributed by atoms with Crippen LogP contribution in [0, 0.1) is 0 Å². The molecule has 0 amide bonds. The molecule has 1 heterocycles. The lowest BCUT2D eigenvalue weighted by atomic mass is 10.2. The maximum absolute atomic E-state index is 11.7. The number of aromatic hydroxyl groups is 1. The van der Waals surface area contributed by atoms with Crippen LogP contribution in [0.3, 0.4) is 0 Å². The SMILES string of the molecule is O=C(/C=C\Nc1cccc(O)c1)c1ccncc1. The van der Waals surface area contributed by atoms with Gasteiger partial charge in [0.2, 0.25) is 0 Å². The van der Waals surface area contributed by atoms with Gasteiger partial charge in [-0.3, -0.25) is 9.78 Å². The number of aromatic nitrogens is 1. The Bertz CT molecular complexity index is 565. The fraction of sp³-hybridized carbons (Fsp3) is 0. The summed E-state index contributed by atoms with van der Waals surface area (Å²) in [4.78, 5) is 15.5. The number of pyridine rings is 1. The van der Waals surface area contributed by atoms with E-state index in [1.54, 1.807) is 48.8 Å². The molecule has 0 radical (unpaired) electrons. The minimum absolute atomic E-state index is 0.106. The Morgan fingerprint density at radius 3 is 2.72 bits per heavy atom. The zero-order valence-electron chi connectivity index (χ0n) is 9.58. The van der Waals surface area contributed by atoms with Crippen molar-refractivity contribution < 1.29 is 9.90 Å². The van der Waals surface area contributed by atoms with Gasteiger partial charge in [-0.05, 0) is 24.3 Å². The van der Waals surface area contributed by atoms with Crippen LogP contribution in [0.1, 0.15) is 10.4 Å². The van der Waals surface area contributed by atoms with Crippen molar-refractivity contribution in [3.05, 3.63) is 66.6 Å². The molecular weight excluding hydrogens is 228 g/mol. The first kappa shape index (κ1) is 11.9. The van der Waals surface area contributed by atoms with Gasteiger partial charge in [-0.25, -0.2) is 0 Å². The zero-order chi connectivity index (χ0) is 12.8. The zero-order valence-corrected chi connectivity index (χ0v) is 9.58. The standard InChI is InChI=1S/C14H12N2O2/c17-13-3-1-2-12(10-13)16-9-6-14(18)11-4-7-15-8-5-11/h1-10,16-17H/b9-6-. The summed E-state index contributed by atoms with van der Waals surface area (Å²) >= 11 is 0. The van der Waals surface area contributed by atoms with Gasteiger partial charge in [0.15, 0.2) is 5.78 Å². The minimum Gasteiger partial charge on any atom is -0.508 e. The molecule has 2 rings (SSSR count). The molecule has 0 unspecified atom stereocenters. The van der Waals surface area contributed by atoms with Crippen molar-refractivity contribution in [2.75, 3.05) is 5.32 Å². The number of rotatable bonds is 4. The molecule has 4 heteroatoms. The highest BCUT2D eigenvalue weighted by molar-refractivity contribution is 6.04. The number of nitrogens with zero attached hydrogens (tertiary/aromatic N) is 1. The van der Waals surface area contributed by atoms with E-state index in [2.05, 4.69) is 10.3 Å². The van der Waals surface area contributed by atoms with Crippen molar-refractivity contribution in [3.63, 3.8) is 0 Å². The second-order valence-electron chi connectivity index (χ2n) is 3.63. The maximum Gasteiger partial charge on any atom is 0.187 e. The highest BCUT2D eigenvalue weighted by Crippen LogP contribution is 2.15. The molecule has 1 aromatic heterocycles. The van der Waals surface area contributed by atoms with E-state index in [-0.39, 0.29) is 11.5 Å². The molecule has 0 fully saturated rings. The Kier molecular flexibility index (Phi) is 3.71. The van der Waals surface area contributed by atoms with Crippen molar-refractivity contribution in [3.8, 4) is 5.75 Å². The molecular formula is C14H12N2O2. The monoisotopic (exact) mass is 240 g/mol. The first-order valence-electron chi connectivity index (χ1n) is 5.42. The quantitative estimate of drug-likeness (QED) is 0.637. The number of allylic oxidation sites excluding steroid dienone is 1. The summed E-state index contributed by atoms with van der Waals surface area (Å²) in [5, 5.41) is 12.2. The summed E-state index contributed by atoms with van der Waals surface area (Å²) in [6.45, 7) is 0. The van der Waals surface area contributed by atoms with E-state index in [1.165, 1.54) is 12.3 Å². The average Bonchev–Trinajstić information content (AvgIpc) is 2.40. The number of carbonyl (C=O) groups excluding carboxylic acids is 1. The summed E-state index contributed by atoms with van der Waals surface area (Å²) in [7, 11) is 0. The van der Waals surface area contributed by atoms with Crippen LogP contribution in [-0.4, -0.2) is 15.9 Å². The Hall–Kier alpha value is -2.62. The van der Waals surface area contributed by atoms with Crippen LogP contribution in [0.4, 0.5) is 5.69 Å². The predicted octanol–water partition coefficient (Wildman–Crippen LogP) is 2.60. The number of anilines is 1. The van der Waals surface area contributed by atoms with Crippen molar-refractivity contribution in [2.45, 2.75) is 0 Å². The lowest BCUT2D eigenvalue weighted by Crippen LogP contribution is -1.96. The molecule has 18 heavy (non-hydrogen) atoms. The average molecular weight is 240 g/mol. The molecule has 2 aromatic rings. The van der Waals surface area contributed by atoms with Crippen LogP contribution in [0.5, 0.6) is 5.75 Å². The lowest BCUT2D eigenvalue weighted by Gasteiger charge is -2.00. The van der Waals surface area contributed by atoms with Gasteiger partial charge < -0.3 is 10.4 Å². The first-order chi connectivity index (χ1) is 8.75. The van der Waals surface area contributed by atoms with Crippen molar-refractivity contribution in [1.82, 2.24) is 4.98 Å². The number of nitrogens with one attached hydrogen (secondary N) is 1. The number of phenols is 1. The molecule has 0 aliphatic carbocycles. The Balaban J connectivity index is 1.98. The van der Waals surface area contributed by atoms with Crippen molar-refractivity contribution in [2.24, 2.45) is 0 Å². The molecule has 0 atom stereocenters. The molecule has 0 saturated heterocycles. The van der Waals surface area contributed by atoms with E-state index < -0.39 is 0 Å². The molecule has 0 bridgehead atoms. The van der Waals surface area contributed by atoms with Crippen LogP contribution in [-0.2, 0) is 0 Å². The van der Waals surface area contributed by atoms with Crippen molar-refractivity contribution in [1.29, 1.82) is 0 Å². The predicted molar refractivity (Wildman–Crippen MR) is 69.4 cm³/mol. The molecule has 0 saturated carbocycles. The van der Waals surface area contributed by atoms with Crippen LogP contribution in [0.15, 0.2) is 61.1 Å². The van der Waals surface area contributed by atoms with Crippen LogP contribution >= 0.6 is 0 Å². The summed E-state index contributed by atoms with van der Waals surface area (Å²) < 4.78 is 0. The van der Waals surface area contributed by atoms with E-state index in [0.29, 0.717) is 11.3 Å². The molecule has 0 aliphatic rings.